The minimum absolute atomic E-state index is 0.000359. The molecule has 0 aromatic carbocycles. The number of aromatic carboxylic acids is 1. The first-order chi connectivity index (χ1) is 12.8. The van der Waals surface area contributed by atoms with E-state index in [0.29, 0.717) is 5.92 Å². The van der Waals surface area contributed by atoms with E-state index in [0.717, 1.165) is 44.9 Å². The van der Waals surface area contributed by atoms with Crippen LogP contribution in [0.25, 0.3) is 6.20 Å². The Labute approximate surface area is 162 Å². The molecule has 0 aliphatic heterocycles. The monoisotopic (exact) mass is 375 g/mol. The number of aromatic nitrogens is 2. The van der Waals surface area contributed by atoms with Gasteiger partial charge in [0.15, 0.2) is 5.82 Å². The molecule has 0 spiro atoms. The molecule has 1 amide bonds. The Morgan fingerprint density at radius 3 is 2.56 bits per heavy atom. The highest BCUT2D eigenvalue weighted by atomic mass is 16.4. The van der Waals surface area contributed by atoms with Crippen molar-refractivity contribution in [2.24, 2.45) is 11.8 Å². The average molecular weight is 376 g/mol. The van der Waals surface area contributed by atoms with Crippen LogP contribution in [-0.2, 0) is 4.79 Å². The van der Waals surface area contributed by atoms with Gasteiger partial charge in [0, 0.05) is 24.4 Å². The van der Waals surface area contributed by atoms with Gasteiger partial charge in [-0.25, -0.2) is 9.48 Å². The van der Waals surface area contributed by atoms with Crippen LogP contribution in [0.5, 0.6) is 0 Å². The summed E-state index contributed by atoms with van der Waals surface area (Å²) in [5.41, 5.74) is 0.0707. The van der Waals surface area contributed by atoms with Crippen LogP contribution in [0, 0.1) is 11.8 Å². The van der Waals surface area contributed by atoms with Crippen LogP contribution >= 0.6 is 0 Å². The third-order valence-corrected chi connectivity index (χ3v) is 5.27. The van der Waals surface area contributed by atoms with Gasteiger partial charge in [0.05, 0.1) is 0 Å². The summed E-state index contributed by atoms with van der Waals surface area (Å²) in [4.78, 5) is 26.5. The van der Waals surface area contributed by atoms with Crippen molar-refractivity contribution in [3.8, 4) is 0 Å². The number of unbranched alkanes of at least 4 members (excludes halogenated alkanes) is 2. The zero-order valence-corrected chi connectivity index (χ0v) is 17.0. The standard InChI is InChI=1S/C21H33N3O3/c1-5-6-7-8-13-23-14-18(21(26)27)19(22-23)24(15(2)3)20(25)17-11-9-16(4)10-12-17/h8,13-17H,5-7,9-12H2,1-4H3,(H,26,27)/b13-8+/t16-,17-. The summed E-state index contributed by atoms with van der Waals surface area (Å²) in [6, 6.07) is -0.151. The highest BCUT2D eigenvalue weighted by molar-refractivity contribution is 6.01. The van der Waals surface area contributed by atoms with Gasteiger partial charge < -0.3 is 5.11 Å². The summed E-state index contributed by atoms with van der Waals surface area (Å²) >= 11 is 0. The van der Waals surface area contributed by atoms with Gasteiger partial charge in [-0.15, -0.1) is 5.10 Å². The van der Waals surface area contributed by atoms with Crippen molar-refractivity contribution >= 4 is 23.9 Å². The van der Waals surface area contributed by atoms with Crippen LogP contribution in [0.1, 0.15) is 83.0 Å². The first-order valence-corrected chi connectivity index (χ1v) is 10.2. The zero-order valence-electron chi connectivity index (χ0n) is 17.0. The normalized spacial score (nSPS) is 20.3. The van der Waals surface area contributed by atoms with E-state index in [1.807, 2.05) is 19.9 Å². The van der Waals surface area contributed by atoms with Crippen molar-refractivity contribution in [3.63, 3.8) is 0 Å². The van der Waals surface area contributed by atoms with Gasteiger partial charge in [0.25, 0.3) is 0 Å². The molecule has 1 N–H and O–H groups in total. The van der Waals surface area contributed by atoms with Gasteiger partial charge in [-0.1, -0.05) is 32.8 Å². The number of hydrogen-bond donors (Lipinski definition) is 1. The SMILES string of the molecule is CCCC/C=C/n1cc(C(=O)O)c(N(C(=O)[C@H]2CC[C@H](C)CC2)C(C)C)n1. The summed E-state index contributed by atoms with van der Waals surface area (Å²) in [6.07, 6.45) is 12.2. The van der Waals surface area contributed by atoms with Crippen molar-refractivity contribution in [3.05, 3.63) is 17.8 Å². The van der Waals surface area contributed by atoms with Crippen LogP contribution < -0.4 is 4.90 Å². The number of carbonyl (C=O) groups excluding carboxylic acids is 1. The van der Waals surface area contributed by atoms with Gasteiger partial charge >= 0.3 is 5.97 Å². The predicted octanol–water partition coefficient (Wildman–Crippen LogP) is 4.81. The molecule has 150 valence electrons. The fourth-order valence-electron chi connectivity index (χ4n) is 3.60. The number of rotatable bonds is 8. The van der Waals surface area contributed by atoms with Crippen molar-refractivity contribution in [1.82, 2.24) is 9.78 Å². The number of nitrogens with zero attached hydrogens (tertiary/aromatic N) is 3. The average Bonchev–Trinajstić information content (AvgIpc) is 3.03. The quantitative estimate of drug-likeness (QED) is 0.662. The Balaban J connectivity index is 2.29. The molecule has 2 rings (SSSR count). The van der Waals surface area contributed by atoms with Crippen LogP contribution in [-0.4, -0.2) is 32.8 Å². The first-order valence-electron chi connectivity index (χ1n) is 10.2. The molecule has 0 atom stereocenters. The lowest BCUT2D eigenvalue weighted by molar-refractivity contribution is -0.123. The minimum atomic E-state index is -1.06. The molecule has 0 bridgehead atoms. The van der Waals surface area contributed by atoms with Gasteiger partial charge in [0.1, 0.15) is 5.56 Å². The van der Waals surface area contributed by atoms with Crippen LogP contribution in [0.2, 0.25) is 0 Å². The van der Waals surface area contributed by atoms with E-state index in [2.05, 4.69) is 18.9 Å². The van der Waals surface area contributed by atoms with Crippen molar-refractivity contribution in [2.45, 2.75) is 78.7 Å². The molecule has 1 aliphatic rings. The van der Waals surface area contributed by atoms with E-state index in [4.69, 9.17) is 0 Å². The Morgan fingerprint density at radius 2 is 2.00 bits per heavy atom. The molecule has 1 heterocycles. The Morgan fingerprint density at radius 1 is 1.33 bits per heavy atom. The number of anilines is 1. The van der Waals surface area contributed by atoms with Crippen molar-refractivity contribution < 1.29 is 14.7 Å². The first kappa shape index (κ1) is 21.2. The van der Waals surface area contributed by atoms with E-state index in [1.165, 1.54) is 10.9 Å². The number of carboxylic acid groups (broad SMARTS) is 1. The molecular formula is C21H33N3O3. The van der Waals surface area contributed by atoms with E-state index in [-0.39, 0.29) is 29.2 Å². The minimum Gasteiger partial charge on any atom is -0.477 e. The van der Waals surface area contributed by atoms with E-state index in [9.17, 15) is 14.7 Å². The molecule has 1 aliphatic carbocycles. The van der Waals surface area contributed by atoms with E-state index in [1.54, 1.807) is 11.1 Å². The molecule has 27 heavy (non-hydrogen) atoms. The number of carboxylic acids is 1. The molecule has 6 nitrogen and oxygen atoms in total. The Kier molecular flexibility index (Phi) is 7.63. The molecular weight excluding hydrogens is 342 g/mol. The van der Waals surface area contributed by atoms with Gasteiger partial charge in [-0.2, -0.15) is 0 Å². The topological polar surface area (TPSA) is 75.4 Å². The third kappa shape index (κ3) is 5.44. The lowest BCUT2D eigenvalue weighted by Gasteiger charge is -2.32. The second-order valence-corrected chi connectivity index (χ2v) is 7.94. The smallest absolute Gasteiger partial charge is 0.341 e. The molecule has 0 unspecified atom stereocenters. The highest BCUT2D eigenvalue weighted by Crippen LogP contribution is 2.32. The number of amides is 1. The maximum absolute atomic E-state index is 13.2. The van der Waals surface area contributed by atoms with E-state index >= 15 is 0 Å². The molecule has 1 aromatic heterocycles. The number of hydrogen-bond acceptors (Lipinski definition) is 3. The molecule has 1 fully saturated rings. The van der Waals surface area contributed by atoms with Crippen LogP contribution in [0.4, 0.5) is 5.82 Å². The predicted molar refractivity (Wildman–Crippen MR) is 108 cm³/mol. The van der Waals surface area contributed by atoms with Crippen LogP contribution in [0.15, 0.2) is 12.3 Å². The fourth-order valence-corrected chi connectivity index (χ4v) is 3.60. The van der Waals surface area contributed by atoms with Crippen molar-refractivity contribution in [2.75, 3.05) is 4.90 Å². The maximum Gasteiger partial charge on any atom is 0.341 e. The second kappa shape index (κ2) is 9.72. The van der Waals surface area contributed by atoms with Crippen molar-refractivity contribution in [1.29, 1.82) is 0 Å². The number of allylic oxidation sites excluding steroid dienone is 1. The lowest BCUT2D eigenvalue weighted by atomic mass is 9.82. The summed E-state index contributed by atoms with van der Waals surface area (Å²) in [5.74, 6) is -0.200. The highest BCUT2D eigenvalue weighted by Gasteiger charge is 2.33. The van der Waals surface area contributed by atoms with E-state index < -0.39 is 5.97 Å². The molecule has 0 saturated heterocycles. The summed E-state index contributed by atoms with van der Waals surface area (Å²) in [7, 11) is 0. The molecule has 1 aromatic rings. The van der Waals surface area contributed by atoms with Gasteiger partial charge in [0.2, 0.25) is 5.91 Å². The Hall–Kier alpha value is -2.11. The second-order valence-electron chi connectivity index (χ2n) is 7.94. The summed E-state index contributed by atoms with van der Waals surface area (Å²) in [5, 5.41) is 14.1. The largest absolute Gasteiger partial charge is 0.477 e. The molecule has 0 radical (unpaired) electrons. The number of carbonyl (C=O) groups is 2. The summed E-state index contributed by atoms with van der Waals surface area (Å²) < 4.78 is 1.51. The lowest BCUT2D eigenvalue weighted by Crippen LogP contribution is -2.43. The third-order valence-electron chi connectivity index (χ3n) is 5.27. The molecule has 6 heteroatoms. The summed E-state index contributed by atoms with van der Waals surface area (Å²) in [6.45, 7) is 8.16. The van der Waals surface area contributed by atoms with Crippen LogP contribution in [0.3, 0.4) is 0 Å². The zero-order chi connectivity index (χ0) is 20.0. The fraction of sp³-hybridized carbons (Fsp3) is 0.667. The molecule has 1 saturated carbocycles. The van der Waals surface area contributed by atoms with Gasteiger partial charge in [-0.05, 0) is 51.9 Å². The maximum atomic E-state index is 13.2. The Bertz CT molecular complexity index is 670. The van der Waals surface area contributed by atoms with Gasteiger partial charge in [-0.3, -0.25) is 9.69 Å².